The molecule has 17 heavy (non-hydrogen) atoms. The Morgan fingerprint density at radius 1 is 1.29 bits per heavy atom. The molecule has 0 bridgehead atoms. The van der Waals surface area contributed by atoms with E-state index in [0.29, 0.717) is 0 Å². The van der Waals surface area contributed by atoms with Crippen molar-refractivity contribution in [3.05, 3.63) is 29.8 Å². The van der Waals surface area contributed by atoms with Crippen LogP contribution in [0.25, 0.3) is 0 Å². The predicted octanol–water partition coefficient (Wildman–Crippen LogP) is 2.50. The normalized spacial score (nSPS) is 13.6. The van der Waals surface area contributed by atoms with E-state index in [1.165, 1.54) is 5.56 Å². The van der Waals surface area contributed by atoms with Gasteiger partial charge >= 0.3 is 0 Å². The third-order valence-electron chi connectivity index (χ3n) is 2.52. The van der Waals surface area contributed by atoms with Crippen molar-refractivity contribution in [3.63, 3.8) is 0 Å². The Bertz CT molecular complexity index is 299. The van der Waals surface area contributed by atoms with Gasteiger partial charge in [0.25, 0.3) is 0 Å². The number of halogens is 1. The number of rotatable bonds is 6. The van der Waals surface area contributed by atoms with Crippen LogP contribution in [0.15, 0.2) is 24.3 Å². The van der Waals surface area contributed by atoms with Gasteiger partial charge in [-0.05, 0) is 32.4 Å². The maximum Gasteiger partial charge on any atom is 0.147 e. The fourth-order valence-electron chi connectivity index (χ4n) is 1.49. The molecule has 1 aromatic carbocycles. The molecule has 1 rings (SSSR count). The van der Waals surface area contributed by atoms with Gasteiger partial charge in [-0.15, -0.1) is 12.4 Å². The smallest absolute Gasteiger partial charge is 0.147 e. The lowest BCUT2D eigenvalue weighted by Gasteiger charge is -2.21. The molecule has 98 valence electrons. The average Bonchev–Trinajstić information content (AvgIpc) is 2.29. The lowest BCUT2D eigenvalue weighted by atomic mass is 10.2. The lowest BCUT2D eigenvalue weighted by Crippen LogP contribution is -2.41. The van der Waals surface area contributed by atoms with Crippen LogP contribution in [0.5, 0.6) is 5.75 Å². The van der Waals surface area contributed by atoms with Gasteiger partial charge in [0.2, 0.25) is 0 Å². The fourth-order valence-corrected chi connectivity index (χ4v) is 1.49. The van der Waals surface area contributed by atoms with E-state index >= 15 is 0 Å². The molecule has 0 spiro atoms. The molecular formula is C13H22ClNO2. The van der Waals surface area contributed by atoms with Gasteiger partial charge in [-0.2, -0.15) is 0 Å². The van der Waals surface area contributed by atoms with Gasteiger partial charge in [0, 0.05) is 6.04 Å². The first-order valence-electron chi connectivity index (χ1n) is 5.76. The Morgan fingerprint density at radius 2 is 1.88 bits per heavy atom. The highest BCUT2D eigenvalue weighted by Crippen LogP contribution is 2.12. The lowest BCUT2D eigenvalue weighted by molar-refractivity contribution is 0.137. The summed E-state index contributed by atoms with van der Waals surface area (Å²) in [5.41, 5.74) is 1.22. The molecule has 0 aliphatic heterocycles. The minimum Gasteiger partial charge on any atom is -0.476 e. The van der Waals surface area contributed by atoms with Crippen molar-refractivity contribution in [1.29, 1.82) is 0 Å². The molecule has 0 aromatic heterocycles. The Balaban J connectivity index is 0.00000256. The van der Waals surface area contributed by atoms with E-state index in [2.05, 4.69) is 5.32 Å². The van der Waals surface area contributed by atoms with Crippen molar-refractivity contribution in [1.82, 2.24) is 5.32 Å². The van der Waals surface area contributed by atoms with E-state index < -0.39 is 0 Å². The van der Waals surface area contributed by atoms with Gasteiger partial charge in [0.05, 0.1) is 6.61 Å². The first-order valence-corrected chi connectivity index (χ1v) is 5.76. The van der Waals surface area contributed by atoms with E-state index in [1.807, 2.05) is 45.0 Å². The van der Waals surface area contributed by atoms with E-state index in [1.54, 1.807) is 0 Å². The zero-order chi connectivity index (χ0) is 12.0. The molecule has 0 saturated heterocycles. The molecule has 3 nitrogen and oxygen atoms in total. The van der Waals surface area contributed by atoms with E-state index in [9.17, 15) is 0 Å². The van der Waals surface area contributed by atoms with Crippen LogP contribution in [0.2, 0.25) is 0 Å². The topological polar surface area (TPSA) is 41.5 Å². The van der Waals surface area contributed by atoms with Gasteiger partial charge in [0.1, 0.15) is 12.0 Å². The molecule has 0 heterocycles. The van der Waals surface area contributed by atoms with Crippen LogP contribution in [0.3, 0.4) is 0 Å². The minimum absolute atomic E-state index is 0. The van der Waals surface area contributed by atoms with Gasteiger partial charge in [-0.3, -0.25) is 5.32 Å². The van der Waals surface area contributed by atoms with Crippen LogP contribution >= 0.6 is 12.4 Å². The Morgan fingerprint density at radius 3 is 2.35 bits per heavy atom. The first kappa shape index (κ1) is 16.2. The second-order valence-electron chi connectivity index (χ2n) is 4.03. The summed E-state index contributed by atoms with van der Waals surface area (Å²) in [4.78, 5) is 0. The zero-order valence-corrected chi connectivity index (χ0v) is 11.5. The molecule has 0 aliphatic rings. The predicted molar refractivity (Wildman–Crippen MR) is 72.8 cm³/mol. The van der Waals surface area contributed by atoms with Crippen LogP contribution in [-0.2, 0) is 0 Å². The number of ether oxygens (including phenoxy) is 1. The number of hydrogen-bond donors (Lipinski definition) is 2. The van der Waals surface area contributed by atoms with Crippen molar-refractivity contribution < 1.29 is 9.84 Å². The van der Waals surface area contributed by atoms with Crippen LogP contribution < -0.4 is 10.1 Å². The van der Waals surface area contributed by atoms with E-state index in [-0.39, 0.29) is 31.3 Å². The maximum atomic E-state index is 9.06. The second kappa shape index (κ2) is 8.34. The average molecular weight is 260 g/mol. The Labute approximate surface area is 110 Å². The minimum atomic E-state index is -0.0974. The summed E-state index contributed by atoms with van der Waals surface area (Å²) in [5, 5.41) is 12.3. The third-order valence-corrected chi connectivity index (χ3v) is 2.52. The summed E-state index contributed by atoms with van der Waals surface area (Å²) in [6.45, 7) is 6.16. The summed E-state index contributed by atoms with van der Waals surface area (Å²) in [6, 6.07) is 8.04. The second-order valence-corrected chi connectivity index (χ2v) is 4.03. The monoisotopic (exact) mass is 259 g/mol. The Hall–Kier alpha value is -0.770. The highest BCUT2D eigenvalue weighted by molar-refractivity contribution is 5.85. The van der Waals surface area contributed by atoms with Gasteiger partial charge in [0.15, 0.2) is 0 Å². The Kier molecular flexibility index (Phi) is 7.96. The number of hydrogen-bond acceptors (Lipinski definition) is 3. The van der Waals surface area contributed by atoms with Crippen molar-refractivity contribution in [2.75, 3.05) is 6.61 Å². The van der Waals surface area contributed by atoms with Crippen molar-refractivity contribution in [2.45, 2.75) is 39.5 Å². The number of aliphatic hydroxyl groups is 1. The highest BCUT2D eigenvalue weighted by Gasteiger charge is 2.09. The maximum absolute atomic E-state index is 9.06. The fraction of sp³-hybridized carbons (Fsp3) is 0.538. The first-order chi connectivity index (χ1) is 7.65. The van der Waals surface area contributed by atoms with Gasteiger partial charge < -0.3 is 9.84 Å². The number of nitrogens with one attached hydrogen (secondary N) is 1. The standard InChI is InChI=1S/C13H21NO2.ClH/c1-4-12(9-15)14-11(3)16-13-7-5-10(2)6-8-13;/h5-8,11-12,14-15H,4,9H2,1-3H3;1H/t11?,12-;/m0./s1. The molecule has 1 unspecified atom stereocenters. The van der Waals surface area contributed by atoms with Crippen LogP contribution in [0.1, 0.15) is 25.8 Å². The molecule has 2 N–H and O–H groups in total. The number of benzene rings is 1. The summed E-state index contributed by atoms with van der Waals surface area (Å²) < 4.78 is 5.68. The molecule has 0 aliphatic carbocycles. The van der Waals surface area contributed by atoms with Gasteiger partial charge in [-0.1, -0.05) is 24.6 Å². The molecule has 0 saturated carbocycles. The van der Waals surface area contributed by atoms with Crippen molar-refractivity contribution in [2.24, 2.45) is 0 Å². The van der Waals surface area contributed by atoms with Crippen molar-refractivity contribution >= 4 is 12.4 Å². The molecule has 0 radical (unpaired) electrons. The summed E-state index contributed by atoms with van der Waals surface area (Å²) in [6.07, 6.45) is 0.790. The number of aryl methyl sites for hydroxylation is 1. The quantitative estimate of drug-likeness (QED) is 0.772. The molecular weight excluding hydrogens is 238 g/mol. The van der Waals surface area contributed by atoms with E-state index in [4.69, 9.17) is 9.84 Å². The zero-order valence-electron chi connectivity index (χ0n) is 10.6. The largest absolute Gasteiger partial charge is 0.476 e. The van der Waals surface area contributed by atoms with Crippen LogP contribution in [0.4, 0.5) is 0 Å². The molecule has 1 aromatic rings. The van der Waals surface area contributed by atoms with E-state index in [0.717, 1.165) is 12.2 Å². The summed E-state index contributed by atoms with van der Waals surface area (Å²) in [7, 11) is 0. The molecule has 4 heteroatoms. The van der Waals surface area contributed by atoms with Crippen LogP contribution in [-0.4, -0.2) is 24.0 Å². The van der Waals surface area contributed by atoms with Crippen LogP contribution in [0, 0.1) is 6.92 Å². The molecule has 0 amide bonds. The molecule has 2 atom stereocenters. The summed E-state index contributed by atoms with van der Waals surface area (Å²) in [5.74, 6) is 0.846. The SMILES string of the molecule is CC[C@@H](CO)NC(C)Oc1ccc(C)cc1.Cl. The van der Waals surface area contributed by atoms with Crippen molar-refractivity contribution in [3.8, 4) is 5.75 Å². The molecule has 0 fully saturated rings. The highest BCUT2D eigenvalue weighted by atomic mass is 35.5. The third kappa shape index (κ3) is 5.91. The number of aliphatic hydroxyl groups excluding tert-OH is 1. The van der Waals surface area contributed by atoms with Gasteiger partial charge in [-0.25, -0.2) is 0 Å². The summed E-state index contributed by atoms with van der Waals surface area (Å²) >= 11 is 0.